The van der Waals surface area contributed by atoms with Gasteiger partial charge < -0.3 is 5.73 Å². The first-order valence-corrected chi connectivity index (χ1v) is 6.85. The topological polar surface area (TPSA) is 54.7 Å². The van der Waals surface area contributed by atoms with Crippen LogP contribution in [0.15, 0.2) is 29.3 Å². The van der Waals surface area contributed by atoms with E-state index in [4.69, 9.17) is 5.73 Å². The average Bonchev–Trinajstić information content (AvgIpc) is 2.86. The lowest BCUT2D eigenvalue weighted by atomic mass is 10.0. The first kappa shape index (κ1) is 10.9. The van der Waals surface area contributed by atoms with Crippen molar-refractivity contribution in [1.82, 2.24) is 10.2 Å². The molecule has 0 spiro atoms. The molecule has 1 aromatic carbocycles. The third-order valence-corrected chi connectivity index (χ3v) is 4.34. The Balaban J connectivity index is 2.04. The van der Waals surface area contributed by atoms with Crippen LogP contribution in [0.3, 0.4) is 0 Å². The number of thioether (sulfide) groups is 1. The van der Waals surface area contributed by atoms with E-state index in [1.807, 2.05) is 18.0 Å². The largest absolute Gasteiger partial charge is 0.326 e. The fourth-order valence-electron chi connectivity index (χ4n) is 2.23. The summed E-state index contributed by atoms with van der Waals surface area (Å²) in [5.74, 6) is 1.24. The molecule has 4 heteroatoms. The maximum atomic E-state index is 5.71. The van der Waals surface area contributed by atoms with E-state index in [0.717, 1.165) is 11.3 Å². The molecule has 0 radical (unpaired) electrons. The minimum Gasteiger partial charge on any atom is -0.326 e. The van der Waals surface area contributed by atoms with Gasteiger partial charge in [-0.05, 0) is 36.3 Å². The molecule has 88 valence electrons. The summed E-state index contributed by atoms with van der Waals surface area (Å²) < 4.78 is 0. The molecule has 2 heterocycles. The maximum Gasteiger partial charge on any atom is 0.0695 e. The van der Waals surface area contributed by atoms with Crippen LogP contribution in [0.4, 0.5) is 0 Å². The van der Waals surface area contributed by atoms with Gasteiger partial charge >= 0.3 is 0 Å². The van der Waals surface area contributed by atoms with E-state index in [0.29, 0.717) is 6.54 Å². The number of hydrogen-bond donors (Lipinski definition) is 2. The van der Waals surface area contributed by atoms with E-state index in [1.54, 1.807) is 0 Å². The van der Waals surface area contributed by atoms with Gasteiger partial charge in [-0.25, -0.2) is 0 Å². The molecule has 1 aliphatic rings. The summed E-state index contributed by atoms with van der Waals surface area (Å²) in [7, 11) is 0. The Bertz CT molecular complexity index is 533. The summed E-state index contributed by atoms with van der Waals surface area (Å²) in [4.78, 5) is 1.42. The van der Waals surface area contributed by atoms with Gasteiger partial charge in [0, 0.05) is 22.6 Å². The van der Waals surface area contributed by atoms with Crippen molar-refractivity contribution in [2.24, 2.45) is 5.73 Å². The molecule has 1 aromatic heterocycles. The van der Waals surface area contributed by atoms with Gasteiger partial charge in [-0.3, -0.25) is 5.10 Å². The van der Waals surface area contributed by atoms with Crippen molar-refractivity contribution in [3.05, 3.63) is 35.5 Å². The number of hydrogen-bond acceptors (Lipinski definition) is 3. The molecular formula is C13H15N3S. The minimum atomic E-state index is 0.525. The van der Waals surface area contributed by atoms with Crippen molar-refractivity contribution in [1.29, 1.82) is 0 Å². The highest BCUT2D eigenvalue weighted by molar-refractivity contribution is 7.99. The predicted octanol–water partition coefficient (Wildman–Crippen LogP) is 2.57. The van der Waals surface area contributed by atoms with Gasteiger partial charge in [-0.2, -0.15) is 5.10 Å². The molecule has 1 aliphatic heterocycles. The lowest BCUT2D eigenvalue weighted by Crippen LogP contribution is -2.00. The van der Waals surface area contributed by atoms with Crippen LogP contribution >= 0.6 is 11.8 Å². The molecule has 0 amide bonds. The third-order valence-electron chi connectivity index (χ3n) is 3.13. The molecule has 0 saturated carbocycles. The molecular weight excluding hydrogens is 230 g/mol. The summed E-state index contributed by atoms with van der Waals surface area (Å²) in [6.45, 7) is 0.525. The van der Waals surface area contributed by atoms with Gasteiger partial charge in [0.05, 0.1) is 11.9 Å². The highest BCUT2D eigenvalue weighted by atomic mass is 32.2. The van der Waals surface area contributed by atoms with Gasteiger partial charge in [0.15, 0.2) is 0 Å². The van der Waals surface area contributed by atoms with Crippen LogP contribution in [0.2, 0.25) is 0 Å². The number of nitrogens with one attached hydrogen (secondary N) is 1. The summed E-state index contributed by atoms with van der Waals surface area (Å²) >= 11 is 1.95. The van der Waals surface area contributed by atoms with Gasteiger partial charge in [0.25, 0.3) is 0 Å². The van der Waals surface area contributed by atoms with Crippen molar-refractivity contribution in [2.75, 3.05) is 5.75 Å². The average molecular weight is 245 g/mol. The lowest BCUT2D eigenvalue weighted by molar-refractivity contribution is 0.890. The standard InChI is InChI=1S/C13H15N3S/c14-7-11-8-15-16-13(11)10-3-4-12-9(6-10)2-1-5-17-12/h3-4,6,8H,1-2,5,7,14H2,(H,15,16). The highest BCUT2D eigenvalue weighted by Crippen LogP contribution is 2.33. The normalized spacial score (nSPS) is 14.6. The van der Waals surface area contributed by atoms with Crippen molar-refractivity contribution in [3.8, 4) is 11.3 Å². The molecule has 2 aromatic rings. The van der Waals surface area contributed by atoms with Gasteiger partial charge in [0.2, 0.25) is 0 Å². The smallest absolute Gasteiger partial charge is 0.0695 e. The zero-order valence-corrected chi connectivity index (χ0v) is 10.4. The van der Waals surface area contributed by atoms with Crippen LogP contribution in [-0.4, -0.2) is 16.0 Å². The molecule has 3 N–H and O–H groups in total. The third kappa shape index (κ3) is 1.98. The van der Waals surface area contributed by atoms with Crippen LogP contribution in [0, 0.1) is 0 Å². The Hall–Kier alpha value is -1.26. The van der Waals surface area contributed by atoms with Crippen molar-refractivity contribution < 1.29 is 0 Å². The summed E-state index contributed by atoms with van der Waals surface area (Å²) in [6, 6.07) is 6.65. The fraction of sp³-hybridized carbons (Fsp3) is 0.308. The van der Waals surface area contributed by atoms with E-state index in [-0.39, 0.29) is 0 Å². The Morgan fingerprint density at radius 1 is 1.41 bits per heavy atom. The SMILES string of the molecule is NCc1cn[nH]c1-c1ccc2c(c1)CCCS2. The number of aromatic amines is 1. The van der Waals surface area contributed by atoms with Gasteiger partial charge in [-0.1, -0.05) is 6.07 Å². The summed E-state index contributed by atoms with van der Waals surface area (Å²) in [5.41, 5.74) is 10.5. The van der Waals surface area contributed by atoms with E-state index in [2.05, 4.69) is 28.4 Å². The number of rotatable bonds is 2. The Morgan fingerprint density at radius 3 is 3.24 bits per heavy atom. The first-order valence-electron chi connectivity index (χ1n) is 5.87. The Labute approximate surface area is 105 Å². The Kier molecular flexibility index (Phi) is 2.91. The second-order valence-electron chi connectivity index (χ2n) is 4.25. The number of aromatic nitrogens is 2. The van der Waals surface area contributed by atoms with Crippen LogP contribution in [0.5, 0.6) is 0 Å². The number of aryl methyl sites for hydroxylation is 1. The van der Waals surface area contributed by atoms with E-state index in [1.165, 1.54) is 34.6 Å². The fourth-order valence-corrected chi connectivity index (χ4v) is 3.25. The minimum absolute atomic E-state index is 0.525. The monoisotopic (exact) mass is 245 g/mol. The molecule has 3 nitrogen and oxygen atoms in total. The molecule has 0 atom stereocenters. The second kappa shape index (κ2) is 4.55. The quantitative estimate of drug-likeness (QED) is 0.855. The van der Waals surface area contributed by atoms with E-state index < -0.39 is 0 Å². The molecule has 0 unspecified atom stereocenters. The summed E-state index contributed by atoms with van der Waals surface area (Å²) in [5, 5.41) is 7.11. The van der Waals surface area contributed by atoms with Crippen molar-refractivity contribution >= 4 is 11.8 Å². The second-order valence-corrected chi connectivity index (χ2v) is 5.39. The zero-order valence-electron chi connectivity index (χ0n) is 9.57. The predicted molar refractivity (Wildman–Crippen MR) is 71.0 cm³/mol. The first-order chi connectivity index (χ1) is 8.38. The van der Waals surface area contributed by atoms with E-state index >= 15 is 0 Å². The van der Waals surface area contributed by atoms with Crippen molar-refractivity contribution in [2.45, 2.75) is 24.3 Å². The van der Waals surface area contributed by atoms with Crippen LogP contribution < -0.4 is 5.73 Å². The molecule has 0 fully saturated rings. The lowest BCUT2D eigenvalue weighted by Gasteiger charge is -2.16. The van der Waals surface area contributed by atoms with E-state index in [9.17, 15) is 0 Å². The maximum absolute atomic E-state index is 5.71. The van der Waals surface area contributed by atoms with Crippen molar-refractivity contribution in [3.63, 3.8) is 0 Å². The number of fused-ring (bicyclic) bond motifs is 1. The van der Waals surface area contributed by atoms with Crippen LogP contribution in [0.25, 0.3) is 11.3 Å². The van der Waals surface area contributed by atoms with Crippen LogP contribution in [-0.2, 0) is 13.0 Å². The molecule has 0 aliphatic carbocycles. The number of nitrogens with zero attached hydrogens (tertiary/aromatic N) is 1. The number of H-pyrrole nitrogens is 1. The van der Waals surface area contributed by atoms with Gasteiger partial charge in [-0.15, -0.1) is 11.8 Å². The molecule has 17 heavy (non-hydrogen) atoms. The molecule has 0 saturated heterocycles. The number of nitrogens with two attached hydrogens (primary N) is 1. The molecule has 3 rings (SSSR count). The van der Waals surface area contributed by atoms with Crippen LogP contribution in [0.1, 0.15) is 17.5 Å². The van der Waals surface area contributed by atoms with Gasteiger partial charge in [0.1, 0.15) is 0 Å². The summed E-state index contributed by atoms with van der Waals surface area (Å²) in [6.07, 6.45) is 4.26. The number of benzene rings is 1. The molecule has 0 bridgehead atoms. The zero-order chi connectivity index (χ0) is 11.7. The highest BCUT2D eigenvalue weighted by Gasteiger charge is 2.12. The Morgan fingerprint density at radius 2 is 2.35 bits per heavy atom.